The van der Waals surface area contributed by atoms with Gasteiger partial charge in [-0.2, -0.15) is 0 Å². The standard InChI is InChI=1S/C12H11Cl2NO3/c1-2-18-12(17)4-3-11(16)15-10-6-8(13)5-9(14)7-10/h3-7H,2H2,1H3,(H,15,16). The SMILES string of the molecule is CCOC(=O)C=CC(=O)Nc1cc(Cl)cc(Cl)c1. The molecule has 0 spiro atoms. The summed E-state index contributed by atoms with van der Waals surface area (Å²) in [6.07, 6.45) is 2.12. The second-order valence-corrected chi connectivity index (χ2v) is 4.11. The van der Waals surface area contributed by atoms with Crippen LogP contribution < -0.4 is 5.32 Å². The molecule has 0 radical (unpaired) electrons. The molecule has 0 fully saturated rings. The molecule has 0 saturated heterocycles. The normalized spacial score (nSPS) is 10.4. The van der Waals surface area contributed by atoms with Crippen LogP contribution in [0.1, 0.15) is 6.92 Å². The van der Waals surface area contributed by atoms with E-state index in [1.165, 1.54) is 0 Å². The topological polar surface area (TPSA) is 55.4 Å². The number of hydrogen-bond acceptors (Lipinski definition) is 3. The van der Waals surface area contributed by atoms with Gasteiger partial charge in [0.2, 0.25) is 5.91 Å². The monoisotopic (exact) mass is 287 g/mol. The van der Waals surface area contributed by atoms with Crippen LogP contribution in [-0.2, 0) is 14.3 Å². The first-order chi connectivity index (χ1) is 8.51. The minimum Gasteiger partial charge on any atom is -0.463 e. The average Bonchev–Trinajstić information content (AvgIpc) is 2.25. The van der Waals surface area contributed by atoms with E-state index in [-0.39, 0.29) is 6.61 Å². The van der Waals surface area contributed by atoms with Crippen LogP contribution in [0.15, 0.2) is 30.4 Å². The third-order valence-corrected chi connectivity index (χ3v) is 2.22. The van der Waals surface area contributed by atoms with E-state index >= 15 is 0 Å². The van der Waals surface area contributed by atoms with Crippen molar-refractivity contribution in [1.29, 1.82) is 0 Å². The molecule has 1 aromatic carbocycles. The number of carbonyl (C=O) groups excluding carboxylic acids is 2. The lowest BCUT2D eigenvalue weighted by Gasteiger charge is -2.03. The Morgan fingerprint density at radius 2 is 1.83 bits per heavy atom. The van der Waals surface area contributed by atoms with Gasteiger partial charge in [-0.25, -0.2) is 4.79 Å². The molecule has 18 heavy (non-hydrogen) atoms. The van der Waals surface area contributed by atoms with Crippen LogP contribution in [0.5, 0.6) is 0 Å². The zero-order valence-corrected chi connectivity index (χ0v) is 11.1. The number of amides is 1. The minimum atomic E-state index is -0.572. The second kappa shape index (κ2) is 7.03. The van der Waals surface area contributed by atoms with Crippen LogP contribution in [0.4, 0.5) is 5.69 Å². The van der Waals surface area contributed by atoms with E-state index in [0.29, 0.717) is 15.7 Å². The predicted octanol–water partition coefficient (Wildman–Crippen LogP) is 3.05. The van der Waals surface area contributed by atoms with Crippen LogP contribution in [0, 0.1) is 0 Å². The summed E-state index contributed by atoms with van der Waals surface area (Å²) in [7, 11) is 0. The summed E-state index contributed by atoms with van der Waals surface area (Å²) in [6.45, 7) is 1.94. The van der Waals surface area contributed by atoms with Gasteiger partial charge >= 0.3 is 5.97 Å². The number of carbonyl (C=O) groups is 2. The molecule has 0 heterocycles. The molecule has 0 saturated carbocycles. The van der Waals surface area contributed by atoms with Crippen LogP contribution >= 0.6 is 23.2 Å². The fourth-order valence-corrected chi connectivity index (χ4v) is 1.67. The van der Waals surface area contributed by atoms with Crippen molar-refractivity contribution in [3.63, 3.8) is 0 Å². The number of anilines is 1. The molecular weight excluding hydrogens is 277 g/mol. The van der Waals surface area contributed by atoms with Crippen LogP contribution in [0.3, 0.4) is 0 Å². The number of nitrogens with one attached hydrogen (secondary N) is 1. The lowest BCUT2D eigenvalue weighted by molar-refractivity contribution is -0.137. The highest BCUT2D eigenvalue weighted by atomic mass is 35.5. The van der Waals surface area contributed by atoms with Gasteiger partial charge in [0.25, 0.3) is 0 Å². The number of esters is 1. The molecule has 0 atom stereocenters. The first-order valence-corrected chi connectivity index (χ1v) is 5.88. The van der Waals surface area contributed by atoms with Gasteiger partial charge in [-0.1, -0.05) is 23.2 Å². The summed E-state index contributed by atoms with van der Waals surface area (Å²) in [5.74, 6) is -1.04. The maximum absolute atomic E-state index is 11.5. The van der Waals surface area contributed by atoms with Gasteiger partial charge < -0.3 is 10.1 Å². The largest absolute Gasteiger partial charge is 0.463 e. The molecule has 4 nitrogen and oxygen atoms in total. The zero-order chi connectivity index (χ0) is 13.5. The van der Waals surface area contributed by atoms with Gasteiger partial charge in [-0.3, -0.25) is 4.79 Å². The van der Waals surface area contributed by atoms with Gasteiger partial charge in [-0.05, 0) is 25.1 Å². The molecule has 96 valence electrons. The van der Waals surface area contributed by atoms with Gasteiger partial charge in [0.15, 0.2) is 0 Å². The van der Waals surface area contributed by atoms with Gasteiger partial charge in [-0.15, -0.1) is 0 Å². The quantitative estimate of drug-likeness (QED) is 0.684. The highest BCUT2D eigenvalue weighted by Crippen LogP contribution is 2.22. The Morgan fingerprint density at radius 1 is 1.22 bits per heavy atom. The fourth-order valence-electron chi connectivity index (χ4n) is 1.14. The Hall–Kier alpha value is -1.52. The Labute approximate surface area is 115 Å². The van der Waals surface area contributed by atoms with E-state index in [2.05, 4.69) is 10.1 Å². The fraction of sp³-hybridized carbons (Fsp3) is 0.167. The van der Waals surface area contributed by atoms with Crippen molar-refractivity contribution in [1.82, 2.24) is 0 Å². The van der Waals surface area contributed by atoms with Crippen molar-refractivity contribution in [2.75, 3.05) is 11.9 Å². The van der Waals surface area contributed by atoms with Crippen LogP contribution in [-0.4, -0.2) is 18.5 Å². The van der Waals surface area contributed by atoms with Crippen molar-refractivity contribution >= 4 is 40.8 Å². The Balaban J connectivity index is 2.62. The smallest absolute Gasteiger partial charge is 0.330 e. The summed E-state index contributed by atoms with van der Waals surface area (Å²) in [4.78, 5) is 22.4. The molecule has 1 amide bonds. The maximum atomic E-state index is 11.5. The van der Waals surface area contributed by atoms with Crippen molar-refractivity contribution < 1.29 is 14.3 Å². The van der Waals surface area contributed by atoms with E-state index < -0.39 is 11.9 Å². The molecule has 0 unspecified atom stereocenters. The van der Waals surface area contributed by atoms with Gasteiger partial charge in [0, 0.05) is 27.9 Å². The molecule has 0 aromatic heterocycles. The number of halogens is 2. The molecule has 0 aliphatic carbocycles. The number of hydrogen-bond donors (Lipinski definition) is 1. The Kier molecular flexibility index (Phi) is 5.68. The molecular formula is C12H11Cl2NO3. The number of benzene rings is 1. The van der Waals surface area contributed by atoms with E-state index in [9.17, 15) is 9.59 Å². The number of ether oxygens (including phenoxy) is 1. The highest BCUT2D eigenvalue weighted by Gasteiger charge is 2.02. The molecule has 1 rings (SSSR count). The summed E-state index contributed by atoms with van der Waals surface area (Å²) in [5.41, 5.74) is 0.450. The van der Waals surface area contributed by atoms with E-state index in [0.717, 1.165) is 12.2 Å². The highest BCUT2D eigenvalue weighted by molar-refractivity contribution is 6.35. The van der Waals surface area contributed by atoms with Crippen LogP contribution in [0.25, 0.3) is 0 Å². The Bertz CT molecular complexity index is 466. The molecule has 0 aliphatic heterocycles. The third-order valence-electron chi connectivity index (χ3n) is 1.79. The van der Waals surface area contributed by atoms with Gasteiger partial charge in [0.1, 0.15) is 0 Å². The molecule has 1 aromatic rings. The molecule has 6 heteroatoms. The van der Waals surface area contributed by atoms with E-state index in [4.69, 9.17) is 23.2 Å². The van der Waals surface area contributed by atoms with E-state index in [1.807, 2.05) is 0 Å². The molecule has 0 bridgehead atoms. The zero-order valence-electron chi connectivity index (χ0n) is 9.57. The molecule has 0 aliphatic rings. The first-order valence-electron chi connectivity index (χ1n) is 5.13. The number of rotatable bonds is 4. The van der Waals surface area contributed by atoms with Crippen molar-refractivity contribution in [2.24, 2.45) is 0 Å². The van der Waals surface area contributed by atoms with Crippen molar-refractivity contribution in [2.45, 2.75) is 6.92 Å². The Morgan fingerprint density at radius 3 is 2.39 bits per heavy atom. The molecule has 1 N–H and O–H groups in total. The lowest BCUT2D eigenvalue weighted by atomic mass is 10.3. The first kappa shape index (κ1) is 14.5. The maximum Gasteiger partial charge on any atom is 0.330 e. The van der Waals surface area contributed by atoms with E-state index in [1.54, 1.807) is 25.1 Å². The summed E-state index contributed by atoms with van der Waals surface area (Å²) < 4.78 is 4.63. The second-order valence-electron chi connectivity index (χ2n) is 3.23. The summed E-state index contributed by atoms with van der Waals surface area (Å²) >= 11 is 11.5. The lowest BCUT2D eigenvalue weighted by Crippen LogP contribution is -2.09. The predicted molar refractivity (Wildman–Crippen MR) is 70.9 cm³/mol. The average molecular weight is 288 g/mol. The van der Waals surface area contributed by atoms with Gasteiger partial charge in [0.05, 0.1) is 6.61 Å². The van der Waals surface area contributed by atoms with Crippen molar-refractivity contribution in [3.8, 4) is 0 Å². The third kappa shape index (κ3) is 5.21. The van der Waals surface area contributed by atoms with Crippen molar-refractivity contribution in [3.05, 3.63) is 40.4 Å². The van der Waals surface area contributed by atoms with Crippen LogP contribution in [0.2, 0.25) is 10.0 Å². The summed E-state index contributed by atoms with van der Waals surface area (Å²) in [5, 5.41) is 3.34. The minimum absolute atomic E-state index is 0.259. The summed E-state index contributed by atoms with van der Waals surface area (Å²) in [6, 6.07) is 4.64.